The number of nitrogens with one attached hydrogen (secondary N) is 1. The van der Waals surface area contributed by atoms with Crippen LogP contribution in [0, 0.1) is 6.92 Å². The summed E-state index contributed by atoms with van der Waals surface area (Å²) in [5.41, 5.74) is 2.64. The molecule has 1 aliphatic carbocycles. The van der Waals surface area contributed by atoms with E-state index in [0.717, 1.165) is 47.8 Å². The number of amides is 1. The van der Waals surface area contributed by atoms with Crippen molar-refractivity contribution in [1.82, 2.24) is 5.32 Å². The van der Waals surface area contributed by atoms with Gasteiger partial charge in [-0.05, 0) is 38.3 Å². The van der Waals surface area contributed by atoms with Gasteiger partial charge in [-0.3, -0.25) is 9.59 Å². The van der Waals surface area contributed by atoms with Gasteiger partial charge in [-0.2, -0.15) is 0 Å². The van der Waals surface area contributed by atoms with Crippen molar-refractivity contribution in [3.63, 3.8) is 0 Å². The first kappa shape index (κ1) is 18.5. The standard InChI is InChI=1S/C21H27NO4/c1-14-9-10-18-16(13-25-19(18)11-14)12-20(23)26-15(2)21(24)22-17-7-5-3-4-6-8-17/h9-11,13,15,17H,3-8,12H2,1-2H3,(H,22,24)/t15-/m1/s1. The van der Waals surface area contributed by atoms with Crippen molar-refractivity contribution in [2.24, 2.45) is 0 Å². The Morgan fingerprint density at radius 2 is 1.96 bits per heavy atom. The van der Waals surface area contributed by atoms with Crippen LogP contribution in [0.5, 0.6) is 0 Å². The highest BCUT2D eigenvalue weighted by atomic mass is 16.5. The number of fused-ring (bicyclic) bond motifs is 1. The van der Waals surface area contributed by atoms with Gasteiger partial charge in [-0.15, -0.1) is 0 Å². The molecule has 5 heteroatoms. The topological polar surface area (TPSA) is 68.5 Å². The van der Waals surface area contributed by atoms with E-state index in [1.54, 1.807) is 13.2 Å². The molecule has 1 aromatic heterocycles. The third kappa shape index (κ3) is 4.65. The largest absolute Gasteiger partial charge is 0.464 e. The summed E-state index contributed by atoms with van der Waals surface area (Å²) in [4.78, 5) is 24.5. The highest BCUT2D eigenvalue weighted by Crippen LogP contribution is 2.23. The molecule has 5 nitrogen and oxygen atoms in total. The number of furan rings is 1. The quantitative estimate of drug-likeness (QED) is 0.647. The molecule has 1 N–H and O–H groups in total. The molecule has 0 unspecified atom stereocenters. The fourth-order valence-electron chi connectivity index (χ4n) is 3.52. The summed E-state index contributed by atoms with van der Waals surface area (Å²) in [6, 6.07) is 6.06. The van der Waals surface area contributed by atoms with Crippen LogP contribution in [0.2, 0.25) is 0 Å². The third-order valence-electron chi connectivity index (χ3n) is 5.03. The molecule has 1 heterocycles. The third-order valence-corrected chi connectivity index (χ3v) is 5.03. The van der Waals surface area contributed by atoms with Crippen LogP contribution in [0.25, 0.3) is 11.0 Å². The number of benzene rings is 1. The van der Waals surface area contributed by atoms with Gasteiger partial charge in [-0.25, -0.2) is 0 Å². The van der Waals surface area contributed by atoms with Gasteiger partial charge in [0.05, 0.1) is 12.7 Å². The molecule has 1 atom stereocenters. The van der Waals surface area contributed by atoms with Crippen LogP contribution in [0.15, 0.2) is 28.9 Å². The van der Waals surface area contributed by atoms with Crippen LogP contribution >= 0.6 is 0 Å². The van der Waals surface area contributed by atoms with Gasteiger partial charge in [0.2, 0.25) is 0 Å². The smallest absolute Gasteiger partial charge is 0.311 e. The molecular weight excluding hydrogens is 330 g/mol. The highest BCUT2D eigenvalue weighted by Gasteiger charge is 2.22. The summed E-state index contributed by atoms with van der Waals surface area (Å²) in [6.45, 7) is 3.62. The fraction of sp³-hybridized carbons (Fsp3) is 0.524. The second-order valence-corrected chi connectivity index (χ2v) is 7.27. The Morgan fingerprint density at radius 3 is 2.69 bits per heavy atom. The van der Waals surface area contributed by atoms with Gasteiger partial charge in [0.25, 0.3) is 5.91 Å². The lowest BCUT2D eigenvalue weighted by Gasteiger charge is -2.19. The number of ether oxygens (including phenoxy) is 1. The molecule has 1 fully saturated rings. The monoisotopic (exact) mass is 357 g/mol. The van der Waals surface area contributed by atoms with Crippen LogP contribution in [-0.2, 0) is 20.7 Å². The van der Waals surface area contributed by atoms with Crippen LogP contribution in [-0.4, -0.2) is 24.0 Å². The molecule has 0 saturated heterocycles. The number of carbonyl (C=O) groups is 2. The maximum atomic E-state index is 12.3. The lowest BCUT2D eigenvalue weighted by atomic mass is 10.1. The van der Waals surface area contributed by atoms with Gasteiger partial charge >= 0.3 is 5.97 Å². The zero-order valence-electron chi connectivity index (χ0n) is 15.5. The Balaban J connectivity index is 1.53. The van der Waals surface area contributed by atoms with Crippen molar-refractivity contribution in [2.75, 3.05) is 0 Å². The average Bonchev–Trinajstić information content (AvgIpc) is 2.81. The van der Waals surface area contributed by atoms with Crippen molar-refractivity contribution < 1.29 is 18.7 Å². The van der Waals surface area contributed by atoms with Crippen LogP contribution < -0.4 is 5.32 Å². The summed E-state index contributed by atoms with van der Waals surface area (Å²) in [6.07, 6.45) is 7.66. The first-order chi connectivity index (χ1) is 12.5. The van der Waals surface area contributed by atoms with Gasteiger partial charge in [0, 0.05) is 17.0 Å². The van der Waals surface area contributed by atoms with Gasteiger partial charge in [0.1, 0.15) is 5.58 Å². The molecule has 26 heavy (non-hydrogen) atoms. The Kier molecular flexibility index (Phi) is 5.96. The number of esters is 1. The molecule has 3 rings (SSSR count). The van der Waals surface area contributed by atoms with E-state index in [1.807, 2.05) is 25.1 Å². The Morgan fingerprint density at radius 1 is 1.23 bits per heavy atom. The number of carbonyl (C=O) groups excluding carboxylic acids is 2. The minimum absolute atomic E-state index is 0.0944. The summed E-state index contributed by atoms with van der Waals surface area (Å²) >= 11 is 0. The predicted molar refractivity (Wildman–Crippen MR) is 99.8 cm³/mol. The fourth-order valence-corrected chi connectivity index (χ4v) is 3.52. The van der Waals surface area contributed by atoms with Crippen LogP contribution in [0.4, 0.5) is 0 Å². The molecule has 0 radical (unpaired) electrons. The molecular formula is C21H27NO4. The maximum Gasteiger partial charge on any atom is 0.311 e. The summed E-state index contributed by atoms with van der Waals surface area (Å²) < 4.78 is 10.8. The number of aryl methyl sites for hydroxylation is 1. The van der Waals surface area contributed by atoms with Gasteiger partial charge in [-0.1, -0.05) is 37.8 Å². The van der Waals surface area contributed by atoms with E-state index in [0.29, 0.717) is 0 Å². The lowest BCUT2D eigenvalue weighted by Crippen LogP contribution is -2.42. The Bertz CT molecular complexity index is 771. The summed E-state index contributed by atoms with van der Waals surface area (Å²) in [5.74, 6) is -0.630. The molecule has 140 valence electrons. The molecule has 0 spiro atoms. The number of hydrogen-bond donors (Lipinski definition) is 1. The molecule has 0 aliphatic heterocycles. The van der Waals surface area contributed by atoms with E-state index >= 15 is 0 Å². The van der Waals surface area contributed by atoms with Crippen LogP contribution in [0.1, 0.15) is 56.6 Å². The first-order valence-electron chi connectivity index (χ1n) is 9.49. The van der Waals surface area contributed by atoms with Gasteiger partial charge < -0.3 is 14.5 Å². The van der Waals surface area contributed by atoms with E-state index in [-0.39, 0.29) is 18.4 Å². The molecule has 1 amide bonds. The predicted octanol–water partition coefficient (Wildman–Crippen LogP) is 4.05. The van der Waals surface area contributed by atoms with Gasteiger partial charge in [0.15, 0.2) is 6.10 Å². The molecule has 2 aromatic rings. The highest BCUT2D eigenvalue weighted by molar-refractivity contribution is 5.88. The van der Waals surface area contributed by atoms with E-state index in [2.05, 4.69) is 5.32 Å². The second-order valence-electron chi connectivity index (χ2n) is 7.27. The Labute approximate surface area is 154 Å². The summed E-state index contributed by atoms with van der Waals surface area (Å²) in [5, 5.41) is 3.93. The van der Waals surface area contributed by atoms with Crippen molar-refractivity contribution in [3.8, 4) is 0 Å². The number of rotatable bonds is 5. The minimum atomic E-state index is -0.786. The first-order valence-corrected chi connectivity index (χ1v) is 9.49. The molecule has 0 bridgehead atoms. The van der Waals surface area contributed by atoms with E-state index in [1.165, 1.54) is 12.8 Å². The van der Waals surface area contributed by atoms with Crippen molar-refractivity contribution in [1.29, 1.82) is 0 Å². The average molecular weight is 357 g/mol. The minimum Gasteiger partial charge on any atom is -0.464 e. The molecule has 1 aliphatic rings. The Hall–Kier alpha value is -2.30. The molecule has 1 saturated carbocycles. The van der Waals surface area contributed by atoms with E-state index < -0.39 is 12.1 Å². The van der Waals surface area contributed by atoms with E-state index in [4.69, 9.17) is 9.15 Å². The normalized spacial score (nSPS) is 16.8. The zero-order valence-corrected chi connectivity index (χ0v) is 15.5. The van der Waals surface area contributed by atoms with Crippen molar-refractivity contribution in [3.05, 3.63) is 35.6 Å². The SMILES string of the molecule is Cc1ccc2c(CC(=O)O[C@H](C)C(=O)NC3CCCCCC3)coc2c1. The zero-order chi connectivity index (χ0) is 18.5. The molecule has 1 aromatic carbocycles. The number of hydrogen-bond acceptors (Lipinski definition) is 4. The second kappa shape index (κ2) is 8.39. The summed E-state index contributed by atoms with van der Waals surface area (Å²) in [7, 11) is 0. The maximum absolute atomic E-state index is 12.3. The van der Waals surface area contributed by atoms with Crippen molar-refractivity contribution in [2.45, 2.75) is 70.9 Å². The van der Waals surface area contributed by atoms with Crippen molar-refractivity contribution >= 4 is 22.8 Å². The lowest BCUT2D eigenvalue weighted by molar-refractivity contribution is -0.154. The van der Waals surface area contributed by atoms with Crippen LogP contribution in [0.3, 0.4) is 0 Å². The van der Waals surface area contributed by atoms with E-state index in [9.17, 15) is 9.59 Å².